The normalized spacial score (nSPS) is 11.5. The SMILES string of the molecule is COc1ccc(S(=O)(=O)N(C)C)cc1NC(=O)CCSc1ccc(F)c(F)c1. The van der Waals surface area contributed by atoms with Gasteiger partial charge in [0, 0.05) is 31.2 Å². The number of sulfonamides is 1. The van der Waals surface area contributed by atoms with E-state index in [1.165, 1.54) is 57.2 Å². The number of ether oxygens (including phenoxy) is 1. The van der Waals surface area contributed by atoms with Crippen LogP contribution in [-0.4, -0.2) is 45.6 Å². The van der Waals surface area contributed by atoms with Crippen molar-refractivity contribution in [1.29, 1.82) is 0 Å². The van der Waals surface area contributed by atoms with Gasteiger partial charge in [0.05, 0.1) is 17.7 Å². The average Bonchev–Trinajstić information content (AvgIpc) is 2.64. The molecule has 0 bridgehead atoms. The Labute approximate surface area is 166 Å². The monoisotopic (exact) mass is 430 g/mol. The zero-order valence-electron chi connectivity index (χ0n) is 15.5. The Morgan fingerprint density at radius 1 is 1.14 bits per heavy atom. The molecule has 6 nitrogen and oxygen atoms in total. The first kappa shape index (κ1) is 22.1. The molecular weight excluding hydrogens is 410 g/mol. The van der Waals surface area contributed by atoms with Crippen LogP contribution in [0.4, 0.5) is 14.5 Å². The van der Waals surface area contributed by atoms with Gasteiger partial charge in [0.15, 0.2) is 11.6 Å². The van der Waals surface area contributed by atoms with Crippen molar-refractivity contribution in [2.45, 2.75) is 16.2 Å². The molecule has 0 aliphatic carbocycles. The number of carbonyl (C=O) groups excluding carboxylic acids is 1. The van der Waals surface area contributed by atoms with Crippen LogP contribution >= 0.6 is 11.8 Å². The molecule has 1 amide bonds. The molecule has 0 aromatic heterocycles. The predicted molar refractivity (Wildman–Crippen MR) is 104 cm³/mol. The number of nitrogens with one attached hydrogen (secondary N) is 1. The van der Waals surface area contributed by atoms with Crippen LogP contribution in [0.25, 0.3) is 0 Å². The summed E-state index contributed by atoms with van der Waals surface area (Å²) in [6.45, 7) is 0. The van der Waals surface area contributed by atoms with Crippen LogP contribution in [0, 0.1) is 11.6 Å². The number of carbonyl (C=O) groups is 1. The first-order valence-electron chi connectivity index (χ1n) is 8.13. The molecule has 28 heavy (non-hydrogen) atoms. The third kappa shape index (κ3) is 5.43. The fraction of sp³-hybridized carbons (Fsp3) is 0.278. The highest BCUT2D eigenvalue weighted by Crippen LogP contribution is 2.29. The Bertz CT molecular complexity index is 966. The fourth-order valence-electron chi connectivity index (χ4n) is 2.20. The number of nitrogens with zero attached hydrogens (tertiary/aromatic N) is 1. The van der Waals surface area contributed by atoms with Gasteiger partial charge in [-0.2, -0.15) is 0 Å². The van der Waals surface area contributed by atoms with Gasteiger partial charge in [0.1, 0.15) is 5.75 Å². The maximum Gasteiger partial charge on any atom is 0.242 e. The van der Waals surface area contributed by atoms with Crippen LogP contribution in [0.15, 0.2) is 46.2 Å². The molecule has 0 aliphatic rings. The van der Waals surface area contributed by atoms with E-state index in [9.17, 15) is 22.0 Å². The number of thioether (sulfide) groups is 1. The van der Waals surface area contributed by atoms with E-state index < -0.39 is 21.7 Å². The Morgan fingerprint density at radius 3 is 2.46 bits per heavy atom. The van der Waals surface area contributed by atoms with Crippen LogP contribution in [0.1, 0.15) is 6.42 Å². The van der Waals surface area contributed by atoms with E-state index in [1.54, 1.807) is 0 Å². The van der Waals surface area contributed by atoms with E-state index in [1.807, 2.05) is 0 Å². The third-order valence-electron chi connectivity index (χ3n) is 3.71. The lowest BCUT2D eigenvalue weighted by molar-refractivity contribution is -0.115. The summed E-state index contributed by atoms with van der Waals surface area (Å²) in [5.74, 6) is -1.60. The summed E-state index contributed by atoms with van der Waals surface area (Å²) in [6, 6.07) is 7.70. The van der Waals surface area contributed by atoms with Crippen molar-refractivity contribution in [2.75, 3.05) is 32.3 Å². The van der Waals surface area contributed by atoms with Crippen LogP contribution in [0.5, 0.6) is 5.75 Å². The molecule has 10 heteroatoms. The fourth-order valence-corrected chi connectivity index (χ4v) is 4.00. The van der Waals surface area contributed by atoms with E-state index in [-0.39, 0.29) is 22.9 Å². The van der Waals surface area contributed by atoms with Crippen molar-refractivity contribution < 1.29 is 26.7 Å². The van der Waals surface area contributed by atoms with Gasteiger partial charge in [-0.15, -0.1) is 11.8 Å². The summed E-state index contributed by atoms with van der Waals surface area (Å²) in [6.07, 6.45) is 0.0808. The van der Waals surface area contributed by atoms with Gasteiger partial charge < -0.3 is 10.1 Å². The zero-order valence-corrected chi connectivity index (χ0v) is 17.2. The smallest absolute Gasteiger partial charge is 0.242 e. The molecule has 0 heterocycles. The van der Waals surface area contributed by atoms with Crippen molar-refractivity contribution in [3.8, 4) is 5.75 Å². The molecule has 0 aliphatic heterocycles. The first-order valence-corrected chi connectivity index (χ1v) is 10.6. The second kappa shape index (κ2) is 9.35. The number of halogens is 2. The number of hydrogen-bond donors (Lipinski definition) is 1. The first-order chi connectivity index (χ1) is 13.1. The highest BCUT2D eigenvalue weighted by atomic mass is 32.2. The number of methoxy groups -OCH3 is 1. The second-order valence-electron chi connectivity index (χ2n) is 5.87. The largest absolute Gasteiger partial charge is 0.495 e. The van der Waals surface area contributed by atoms with Crippen molar-refractivity contribution in [3.05, 3.63) is 48.0 Å². The average molecular weight is 430 g/mol. The molecule has 2 aromatic carbocycles. The second-order valence-corrected chi connectivity index (χ2v) is 9.19. The summed E-state index contributed by atoms with van der Waals surface area (Å²) < 4.78 is 56.9. The van der Waals surface area contributed by atoms with Gasteiger partial charge in [0.2, 0.25) is 15.9 Å². The topological polar surface area (TPSA) is 75.7 Å². The summed E-state index contributed by atoms with van der Waals surface area (Å²) >= 11 is 1.20. The standard InChI is InChI=1S/C18H20F2N2O4S2/c1-22(2)28(24,25)13-5-7-17(26-3)16(11-13)21-18(23)8-9-27-12-4-6-14(19)15(20)10-12/h4-7,10-11H,8-9H2,1-3H3,(H,21,23). The summed E-state index contributed by atoms with van der Waals surface area (Å²) in [5, 5.41) is 2.63. The maximum absolute atomic E-state index is 13.2. The third-order valence-corrected chi connectivity index (χ3v) is 6.52. The molecule has 152 valence electrons. The number of benzene rings is 2. The Morgan fingerprint density at radius 2 is 1.86 bits per heavy atom. The summed E-state index contributed by atoms with van der Waals surface area (Å²) in [5.41, 5.74) is 0.230. The number of amides is 1. The molecule has 0 fully saturated rings. The van der Waals surface area contributed by atoms with E-state index in [2.05, 4.69) is 5.32 Å². The number of hydrogen-bond acceptors (Lipinski definition) is 5. The van der Waals surface area contributed by atoms with Crippen molar-refractivity contribution >= 4 is 33.4 Å². The lowest BCUT2D eigenvalue weighted by Gasteiger charge is -2.15. The van der Waals surface area contributed by atoms with Gasteiger partial charge in [-0.3, -0.25) is 4.79 Å². The minimum atomic E-state index is -3.66. The highest BCUT2D eigenvalue weighted by Gasteiger charge is 2.19. The van der Waals surface area contributed by atoms with Gasteiger partial charge in [-0.25, -0.2) is 21.5 Å². The lowest BCUT2D eigenvalue weighted by atomic mass is 10.3. The number of rotatable bonds is 8. The van der Waals surface area contributed by atoms with E-state index in [0.717, 1.165) is 16.4 Å². The van der Waals surface area contributed by atoms with E-state index in [0.29, 0.717) is 16.4 Å². The summed E-state index contributed by atoms with van der Waals surface area (Å²) in [4.78, 5) is 12.7. The van der Waals surface area contributed by atoms with Crippen molar-refractivity contribution in [1.82, 2.24) is 4.31 Å². The number of anilines is 1. The van der Waals surface area contributed by atoms with Crippen LogP contribution in [0.3, 0.4) is 0 Å². The predicted octanol–water partition coefficient (Wildman–Crippen LogP) is 3.34. The van der Waals surface area contributed by atoms with Gasteiger partial charge >= 0.3 is 0 Å². The van der Waals surface area contributed by atoms with Gasteiger partial charge in [-0.1, -0.05) is 0 Å². The highest BCUT2D eigenvalue weighted by molar-refractivity contribution is 7.99. The van der Waals surface area contributed by atoms with Crippen LogP contribution in [-0.2, 0) is 14.8 Å². The van der Waals surface area contributed by atoms with Crippen LogP contribution < -0.4 is 10.1 Å². The van der Waals surface area contributed by atoms with Crippen LogP contribution in [0.2, 0.25) is 0 Å². The van der Waals surface area contributed by atoms with Crippen molar-refractivity contribution in [2.24, 2.45) is 0 Å². The Kier molecular flexibility index (Phi) is 7.39. The molecule has 1 N–H and O–H groups in total. The van der Waals surface area contributed by atoms with Crippen molar-refractivity contribution in [3.63, 3.8) is 0 Å². The minimum Gasteiger partial charge on any atom is -0.495 e. The molecule has 0 unspecified atom stereocenters. The van der Waals surface area contributed by atoms with Gasteiger partial charge in [0.25, 0.3) is 0 Å². The molecule has 2 rings (SSSR count). The molecule has 0 saturated carbocycles. The molecular formula is C18H20F2N2O4S2. The summed E-state index contributed by atoms with van der Waals surface area (Å²) in [7, 11) is 0.562. The molecule has 0 atom stereocenters. The lowest BCUT2D eigenvalue weighted by Crippen LogP contribution is -2.22. The Balaban J connectivity index is 2.05. The van der Waals surface area contributed by atoms with E-state index >= 15 is 0 Å². The van der Waals surface area contributed by atoms with E-state index in [4.69, 9.17) is 4.74 Å². The zero-order chi connectivity index (χ0) is 20.9. The maximum atomic E-state index is 13.2. The Hall–Kier alpha value is -2.17. The molecule has 2 aromatic rings. The molecule has 0 saturated heterocycles. The molecule has 0 spiro atoms. The van der Waals surface area contributed by atoms with Gasteiger partial charge in [-0.05, 0) is 36.4 Å². The quantitative estimate of drug-likeness (QED) is 0.650. The minimum absolute atomic E-state index is 0.0183. The molecule has 0 radical (unpaired) electrons.